The van der Waals surface area contributed by atoms with Crippen molar-refractivity contribution in [1.29, 1.82) is 0 Å². The van der Waals surface area contributed by atoms with Gasteiger partial charge in [0.05, 0.1) is 37.2 Å². The number of ether oxygens (including phenoxy) is 5. The number of rotatable bonds is 13. The van der Waals surface area contributed by atoms with Gasteiger partial charge >= 0.3 is 12.1 Å². The zero-order valence-electron chi connectivity index (χ0n) is 38.5. The summed E-state index contributed by atoms with van der Waals surface area (Å²) in [4.78, 5) is 46.1. The topological polar surface area (TPSA) is 213 Å². The number of aliphatic hydroxyl groups is 2. The van der Waals surface area contributed by atoms with Gasteiger partial charge in [0, 0.05) is 56.0 Å². The lowest BCUT2D eigenvalue weighted by Crippen LogP contribution is -2.61. The Morgan fingerprint density at radius 3 is 2.48 bits per heavy atom. The molecular weight excluding hydrogens is 799 g/mol. The van der Waals surface area contributed by atoms with E-state index >= 15 is 0 Å². The number of esters is 1. The predicted octanol–water partition coefficient (Wildman–Crippen LogP) is 3.89. The van der Waals surface area contributed by atoms with Gasteiger partial charge in [0.25, 0.3) is 0 Å². The Bertz CT molecular complexity index is 1800. The van der Waals surface area contributed by atoms with Crippen molar-refractivity contribution in [1.82, 2.24) is 30.1 Å². The summed E-state index contributed by atoms with van der Waals surface area (Å²) in [5, 5.41) is 33.7. The molecule has 1 aromatic heterocycles. The van der Waals surface area contributed by atoms with Crippen LogP contribution in [0.1, 0.15) is 87.5 Å². The normalized spacial score (nSPS) is 35.5. The van der Waals surface area contributed by atoms with E-state index in [-0.39, 0.29) is 30.5 Å². The van der Waals surface area contributed by atoms with E-state index in [9.17, 15) is 24.6 Å². The Labute approximate surface area is 367 Å². The molecule has 0 saturated carbocycles. The van der Waals surface area contributed by atoms with Crippen molar-refractivity contribution in [2.45, 2.75) is 148 Å². The highest BCUT2D eigenvalue weighted by molar-refractivity contribution is 6.00. The lowest BCUT2D eigenvalue weighted by molar-refractivity contribution is -0.263. The van der Waals surface area contributed by atoms with Gasteiger partial charge in [0.2, 0.25) is 0 Å². The zero-order chi connectivity index (χ0) is 45.5. The van der Waals surface area contributed by atoms with Crippen LogP contribution in [0, 0.1) is 23.7 Å². The Hall–Kier alpha value is -3.71. The molecule has 5 rings (SSSR count). The van der Waals surface area contributed by atoms with Gasteiger partial charge in [-0.2, -0.15) is 0 Å². The highest BCUT2D eigenvalue weighted by Crippen LogP contribution is 2.40. The minimum atomic E-state index is -1.25. The smallest absolute Gasteiger partial charge is 0.410 e. The zero-order valence-corrected chi connectivity index (χ0v) is 38.5. The number of nitrogens with zero attached hydrogens (tertiary/aromatic N) is 5. The standard InChI is InChI=1S/C45H73N7O10/c1-11-36-45(8)39(52(43(57)62-45)18-13-12-17-51-25-34(48-49-51)32-15-14-16-33(46)22-32)31(6)47-24-28(3)23-44(7,58-10)40(29(4)37(54)30(5)41(56)60-36)61-42-38(55)35(50(9)19-20-53)21-27(2)26-59-42/h14-16,22,25,27-31,35-36,38-40,42,47,53,55H,11-13,17-21,23-24,26,46H2,1-10H3/t27?,28-,29+,30-,31-,35?,36-,38?,39-,40-,42+,44-,45-/m1/s1. The Balaban J connectivity index is 1.38. The van der Waals surface area contributed by atoms with E-state index in [2.05, 4.69) is 22.6 Å². The van der Waals surface area contributed by atoms with Gasteiger partial charge in [-0.05, 0) is 97.4 Å². The highest BCUT2D eigenvalue weighted by Gasteiger charge is 2.58. The van der Waals surface area contributed by atoms with Crippen molar-refractivity contribution >= 4 is 23.5 Å². The molecule has 17 heteroatoms. The SMILES string of the molecule is CC[C@H]1OC(=O)[C@H](C)C(=O)[C@H](C)[C@@H](O[C@@H]2OCC(C)CC(N(C)CCO)C2O)[C@](C)(OC)C[C@@H](C)CN[C@H](C)[C@H]2N(CCCCn3cc(-c4cccc(N)c4)nn3)C(=O)O[C@]12C. The van der Waals surface area contributed by atoms with Gasteiger partial charge in [-0.1, -0.05) is 45.0 Å². The van der Waals surface area contributed by atoms with E-state index in [1.165, 1.54) is 6.92 Å². The number of Topliss-reactive ketones (excluding diaryl/α,β-unsaturated/α-hetero) is 1. The summed E-state index contributed by atoms with van der Waals surface area (Å²) < 4.78 is 33.5. The number of nitrogens with one attached hydrogen (secondary N) is 1. The minimum absolute atomic E-state index is 0.0423. The Morgan fingerprint density at radius 2 is 1.81 bits per heavy atom. The second-order valence-corrected chi connectivity index (χ2v) is 18.5. The van der Waals surface area contributed by atoms with Gasteiger partial charge in [0.1, 0.15) is 23.8 Å². The van der Waals surface area contributed by atoms with E-state index in [1.807, 2.05) is 77.0 Å². The first-order chi connectivity index (χ1) is 29.4. The number of aliphatic hydroxyl groups excluding tert-OH is 2. The fourth-order valence-electron chi connectivity index (χ4n) is 9.84. The number of carbonyl (C=O) groups excluding carboxylic acids is 3. The first-order valence-corrected chi connectivity index (χ1v) is 22.4. The summed E-state index contributed by atoms with van der Waals surface area (Å²) in [5.41, 5.74) is 5.88. The Morgan fingerprint density at radius 1 is 1.08 bits per heavy atom. The molecule has 13 atom stereocenters. The fraction of sp³-hybridized carbons (Fsp3) is 0.756. The van der Waals surface area contributed by atoms with E-state index in [0.717, 1.165) is 11.3 Å². The van der Waals surface area contributed by atoms with Crippen LogP contribution in [-0.4, -0.2) is 154 Å². The number of nitrogen functional groups attached to an aromatic ring is 1. The third-order valence-electron chi connectivity index (χ3n) is 13.4. The van der Waals surface area contributed by atoms with Crippen molar-refractivity contribution in [2.24, 2.45) is 23.7 Å². The summed E-state index contributed by atoms with van der Waals surface area (Å²) in [6, 6.07) is 6.25. The number of nitrogens with two attached hydrogens (primary N) is 1. The number of methoxy groups -OCH3 is 1. The highest BCUT2D eigenvalue weighted by atomic mass is 16.7. The maximum absolute atomic E-state index is 14.5. The van der Waals surface area contributed by atoms with Gasteiger partial charge in [-0.15, -0.1) is 5.10 Å². The van der Waals surface area contributed by atoms with Crippen LogP contribution in [0.15, 0.2) is 30.5 Å². The molecular formula is C45H73N7O10. The molecule has 4 heterocycles. The van der Waals surface area contributed by atoms with Crippen molar-refractivity contribution < 1.29 is 48.3 Å². The van der Waals surface area contributed by atoms with Crippen molar-refractivity contribution in [3.05, 3.63) is 30.5 Å². The number of ketones is 1. The molecule has 0 radical (unpaired) electrons. The molecule has 3 unspecified atom stereocenters. The monoisotopic (exact) mass is 872 g/mol. The van der Waals surface area contributed by atoms with Crippen LogP contribution in [0.25, 0.3) is 11.3 Å². The number of likely N-dealkylation sites (N-methyl/N-ethyl adjacent to an activating group) is 1. The second-order valence-electron chi connectivity index (χ2n) is 18.5. The number of anilines is 1. The average Bonchev–Trinajstić information content (AvgIpc) is 3.78. The Kier molecular flexibility index (Phi) is 16.9. The van der Waals surface area contributed by atoms with Crippen LogP contribution < -0.4 is 11.1 Å². The summed E-state index contributed by atoms with van der Waals surface area (Å²) in [6.45, 7) is 17.0. The number of carbonyl (C=O) groups is 3. The maximum Gasteiger partial charge on any atom is 0.410 e. The van der Waals surface area contributed by atoms with Crippen molar-refractivity contribution in [2.75, 3.05) is 52.7 Å². The molecule has 2 aromatic rings. The van der Waals surface area contributed by atoms with Gasteiger partial charge < -0.3 is 44.9 Å². The molecule has 5 N–H and O–H groups in total. The van der Waals surface area contributed by atoms with Crippen LogP contribution in [0.5, 0.6) is 0 Å². The van der Waals surface area contributed by atoms with Crippen LogP contribution in [0.3, 0.4) is 0 Å². The molecule has 0 aliphatic carbocycles. The molecule has 17 nitrogen and oxygen atoms in total. The lowest BCUT2D eigenvalue weighted by Gasteiger charge is -2.44. The molecule has 3 aliphatic heterocycles. The second kappa shape index (κ2) is 21.3. The molecule has 62 heavy (non-hydrogen) atoms. The molecule has 3 saturated heterocycles. The molecule has 1 aromatic carbocycles. The minimum Gasteiger partial charge on any atom is -0.458 e. The lowest BCUT2D eigenvalue weighted by atomic mass is 9.78. The average molecular weight is 872 g/mol. The van der Waals surface area contributed by atoms with Crippen molar-refractivity contribution in [3.63, 3.8) is 0 Å². The molecule has 0 bridgehead atoms. The fourth-order valence-corrected chi connectivity index (χ4v) is 9.84. The molecule has 0 spiro atoms. The third-order valence-corrected chi connectivity index (χ3v) is 13.4. The number of hydrogen-bond acceptors (Lipinski definition) is 15. The molecule has 348 valence electrons. The number of hydrogen-bond donors (Lipinski definition) is 4. The van der Waals surface area contributed by atoms with Crippen LogP contribution in [0.4, 0.5) is 10.5 Å². The third kappa shape index (κ3) is 11.1. The van der Waals surface area contributed by atoms with Crippen molar-refractivity contribution in [3.8, 4) is 11.3 Å². The molecule has 3 fully saturated rings. The van der Waals surface area contributed by atoms with Gasteiger partial charge in [0.15, 0.2) is 17.7 Å². The van der Waals surface area contributed by atoms with Crippen LogP contribution in [-0.2, 0) is 39.8 Å². The van der Waals surface area contributed by atoms with E-state index in [0.29, 0.717) is 70.6 Å². The first kappa shape index (κ1) is 49.3. The largest absolute Gasteiger partial charge is 0.458 e. The summed E-state index contributed by atoms with van der Waals surface area (Å²) in [5.74, 6) is -3.22. The predicted molar refractivity (Wildman–Crippen MR) is 233 cm³/mol. The van der Waals surface area contributed by atoms with Crippen LogP contribution >= 0.6 is 0 Å². The van der Waals surface area contributed by atoms with Crippen LogP contribution in [0.2, 0.25) is 0 Å². The van der Waals surface area contributed by atoms with Gasteiger partial charge in [-0.25, -0.2) is 4.79 Å². The van der Waals surface area contributed by atoms with E-state index in [1.54, 1.807) is 23.6 Å². The number of amides is 1. The first-order valence-electron chi connectivity index (χ1n) is 22.4. The molecule has 1 amide bonds. The maximum atomic E-state index is 14.5. The number of benzene rings is 1. The quantitative estimate of drug-likeness (QED) is 0.0973. The number of aryl methyl sites for hydroxylation is 1. The number of aromatic nitrogens is 3. The van der Waals surface area contributed by atoms with E-state index < -0.39 is 71.5 Å². The molecule has 3 aliphatic rings. The number of unbranched alkanes of at least 4 members (excludes halogenated alkanes) is 1. The summed E-state index contributed by atoms with van der Waals surface area (Å²) >= 11 is 0. The number of fused-ring (bicyclic) bond motifs is 1. The number of cyclic esters (lactones) is 1. The van der Waals surface area contributed by atoms with E-state index in [4.69, 9.17) is 29.4 Å². The summed E-state index contributed by atoms with van der Waals surface area (Å²) in [6.07, 6.45) is 0.0571. The summed E-state index contributed by atoms with van der Waals surface area (Å²) in [7, 11) is 3.42. The van der Waals surface area contributed by atoms with Gasteiger partial charge in [-0.3, -0.25) is 24.1 Å².